The molecule has 18 heavy (non-hydrogen) atoms. The molecule has 0 amide bonds. The van der Waals surface area contributed by atoms with Crippen molar-refractivity contribution in [1.82, 2.24) is 19.2 Å². The summed E-state index contributed by atoms with van der Waals surface area (Å²) in [6.07, 6.45) is 0.813. The van der Waals surface area contributed by atoms with Crippen molar-refractivity contribution in [3.8, 4) is 0 Å². The maximum atomic E-state index is 12.0. The van der Waals surface area contributed by atoms with Gasteiger partial charge >= 0.3 is 0 Å². The second-order valence-electron chi connectivity index (χ2n) is 4.81. The third-order valence-corrected chi connectivity index (χ3v) is 4.18. The summed E-state index contributed by atoms with van der Waals surface area (Å²) in [5, 5.41) is 3.17. The number of likely N-dealkylation sites (N-methyl/N-ethyl adjacent to an activating group) is 1. The van der Waals surface area contributed by atoms with Gasteiger partial charge in [0.05, 0.1) is 0 Å². The Labute approximate surface area is 112 Å². The highest BCUT2D eigenvalue weighted by Gasteiger charge is 2.19. The molecule has 0 spiro atoms. The van der Waals surface area contributed by atoms with Crippen LogP contribution in [0.3, 0.4) is 0 Å². The summed E-state index contributed by atoms with van der Waals surface area (Å²) in [4.78, 5) is 1.96. The minimum atomic E-state index is -3.36. The Balaban J connectivity index is 4.10. The monoisotopic (exact) mass is 280 g/mol. The Kier molecular flexibility index (Phi) is 8.71. The fraction of sp³-hybridized carbons (Fsp3) is 1.00. The predicted octanol–water partition coefficient (Wildman–Crippen LogP) is -0.298. The van der Waals surface area contributed by atoms with Crippen LogP contribution in [-0.2, 0) is 10.2 Å². The summed E-state index contributed by atoms with van der Waals surface area (Å²) < 4.78 is 28.0. The van der Waals surface area contributed by atoms with Gasteiger partial charge in [-0.3, -0.25) is 0 Å². The molecule has 0 aliphatic heterocycles. The van der Waals surface area contributed by atoms with E-state index in [1.165, 1.54) is 4.31 Å². The van der Waals surface area contributed by atoms with Crippen LogP contribution in [0.2, 0.25) is 0 Å². The standard InChI is InChI=1S/C11H28N4O2S/c1-6-12-8-7-9-15(5)18(16,17)13-11(2)10-14(3)4/h11-13H,6-10H2,1-5H3. The number of rotatable bonds is 10. The van der Waals surface area contributed by atoms with Crippen molar-refractivity contribution < 1.29 is 8.42 Å². The van der Waals surface area contributed by atoms with Crippen molar-refractivity contribution in [3.63, 3.8) is 0 Å². The van der Waals surface area contributed by atoms with E-state index in [0.717, 1.165) is 19.5 Å². The SMILES string of the molecule is CCNCCCN(C)S(=O)(=O)NC(C)CN(C)C. The molecule has 0 aromatic rings. The molecule has 0 fully saturated rings. The van der Waals surface area contributed by atoms with Gasteiger partial charge in [-0.15, -0.1) is 0 Å². The first-order chi connectivity index (χ1) is 8.29. The van der Waals surface area contributed by atoms with Crippen LogP contribution >= 0.6 is 0 Å². The summed E-state index contributed by atoms with van der Waals surface area (Å²) in [7, 11) is 2.09. The highest BCUT2D eigenvalue weighted by Crippen LogP contribution is 1.98. The predicted molar refractivity (Wildman–Crippen MR) is 75.9 cm³/mol. The fourth-order valence-electron chi connectivity index (χ4n) is 1.65. The Hall–Kier alpha value is -0.210. The Morgan fingerprint density at radius 1 is 1.22 bits per heavy atom. The van der Waals surface area contributed by atoms with Crippen molar-refractivity contribution in [2.45, 2.75) is 26.3 Å². The topological polar surface area (TPSA) is 64.7 Å². The second-order valence-corrected chi connectivity index (χ2v) is 6.62. The van der Waals surface area contributed by atoms with E-state index in [0.29, 0.717) is 13.1 Å². The van der Waals surface area contributed by atoms with Crippen LogP contribution in [-0.4, -0.2) is 71.0 Å². The van der Waals surface area contributed by atoms with E-state index < -0.39 is 10.2 Å². The molecule has 0 bridgehead atoms. The third kappa shape index (κ3) is 7.99. The molecule has 0 radical (unpaired) electrons. The average Bonchev–Trinajstić information content (AvgIpc) is 2.21. The first-order valence-corrected chi connectivity index (χ1v) is 7.82. The highest BCUT2D eigenvalue weighted by atomic mass is 32.2. The van der Waals surface area contributed by atoms with Crippen LogP contribution < -0.4 is 10.0 Å². The number of hydrogen-bond acceptors (Lipinski definition) is 4. The van der Waals surface area contributed by atoms with Crippen molar-refractivity contribution in [1.29, 1.82) is 0 Å². The molecule has 0 aliphatic rings. The molecule has 0 aliphatic carbocycles. The van der Waals surface area contributed by atoms with Crippen LogP contribution in [0.5, 0.6) is 0 Å². The minimum Gasteiger partial charge on any atom is -0.317 e. The van der Waals surface area contributed by atoms with Gasteiger partial charge in [0, 0.05) is 26.2 Å². The lowest BCUT2D eigenvalue weighted by molar-refractivity contribution is 0.362. The largest absolute Gasteiger partial charge is 0.317 e. The van der Waals surface area contributed by atoms with E-state index >= 15 is 0 Å². The van der Waals surface area contributed by atoms with Crippen LogP contribution in [0.25, 0.3) is 0 Å². The van der Waals surface area contributed by atoms with Gasteiger partial charge in [-0.2, -0.15) is 17.4 Å². The zero-order valence-electron chi connectivity index (χ0n) is 12.2. The summed E-state index contributed by atoms with van der Waals surface area (Å²) in [5.41, 5.74) is 0. The van der Waals surface area contributed by atoms with Crippen molar-refractivity contribution in [2.75, 3.05) is 47.3 Å². The van der Waals surface area contributed by atoms with Gasteiger partial charge in [-0.25, -0.2) is 0 Å². The zero-order valence-corrected chi connectivity index (χ0v) is 13.0. The zero-order chi connectivity index (χ0) is 14.2. The molecule has 2 N–H and O–H groups in total. The lowest BCUT2D eigenvalue weighted by atomic mass is 10.3. The van der Waals surface area contributed by atoms with Crippen molar-refractivity contribution >= 4 is 10.2 Å². The molecule has 0 aromatic carbocycles. The maximum absolute atomic E-state index is 12.0. The second kappa shape index (κ2) is 8.82. The summed E-state index contributed by atoms with van der Waals surface area (Å²) in [6.45, 7) is 6.86. The molecule has 0 rings (SSSR count). The lowest BCUT2D eigenvalue weighted by Crippen LogP contribution is -2.46. The first kappa shape index (κ1) is 17.8. The van der Waals surface area contributed by atoms with Crippen LogP contribution in [0.4, 0.5) is 0 Å². The number of nitrogens with one attached hydrogen (secondary N) is 2. The summed E-state index contributed by atoms with van der Waals surface area (Å²) >= 11 is 0. The molecule has 0 heterocycles. The van der Waals surface area contributed by atoms with Crippen LogP contribution in [0, 0.1) is 0 Å². The molecule has 0 aromatic heterocycles. The summed E-state index contributed by atoms with van der Waals surface area (Å²) in [6, 6.07) is -0.0961. The van der Waals surface area contributed by atoms with Crippen LogP contribution in [0.1, 0.15) is 20.3 Å². The Bertz CT molecular complexity index is 306. The number of hydrogen-bond donors (Lipinski definition) is 2. The molecule has 0 saturated heterocycles. The first-order valence-electron chi connectivity index (χ1n) is 6.38. The van der Waals surface area contributed by atoms with Gasteiger partial charge < -0.3 is 10.2 Å². The minimum absolute atomic E-state index is 0.0961. The molecule has 110 valence electrons. The van der Waals surface area contributed by atoms with Gasteiger partial charge in [-0.05, 0) is 40.5 Å². The molecular formula is C11H28N4O2S. The molecule has 7 heteroatoms. The van der Waals surface area contributed by atoms with Gasteiger partial charge in [-0.1, -0.05) is 6.92 Å². The molecule has 1 atom stereocenters. The fourth-order valence-corrected chi connectivity index (χ4v) is 2.79. The number of nitrogens with zero attached hydrogens (tertiary/aromatic N) is 2. The van der Waals surface area contributed by atoms with E-state index in [9.17, 15) is 8.42 Å². The Morgan fingerprint density at radius 2 is 1.83 bits per heavy atom. The average molecular weight is 280 g/mol. The van der Waals surface area contributed by atoms with Gasteiger partial charge in [0.15, 0.2) is 0 Å². The third-order valence-electron chi connectivity index (χ3n) is 2.48. The molecular weight excluding hydrogens is 252 g/mol. The Morgan fingerprint density at radius 3 is 2.33 bits per heavy atom. The van der Waals surface area contributed by atoms with E-state index in [2.05, 4.69) is 10.0 Å². The lowest BCUT2D eigenvalue weighted by Gasteiger charge is -2.23. The molecule has 6 nitrogen and oxygen atoms in total. The maximum Gasteiger partial charge on any atom is 0.279 e. The van der Waals surface area contributed by atoms with E-state index in [1.807, 2.05) is 32.8 Å². The van der Waals surface area contributed by atoms with E-state index in [4.69, 9.17) is 0 Å². The summed E-state index contributed by atoms with van der Waals surface area (Å²) in [5.74, 6) is 0. The molecule has 0 saturated carbocycles. The van der Waals surface area contributed by atoms with Crippen molar-refractivity contribution in [2.24, 2.45) is 0 Å². The van der Waals surface area contributed by atoms with E-state index in [1.54, 1.807) is 7.05 Å². The van der Waals surface area contributed by atoms with Crippen LogP contribution in [0.15, 0.2) is 0 Å². The smallest absolute Gasteiger partial charge is 0.279 e. The van der Waals surface area contributed by atoms with Crippen molar-refractivity contribution in [3.05, 3.63) is 0 Å². The van der Waals surface area contributed by atoms with Gasteiger partial charge in [0.1, 0.15) is 0 Å². The van der Waals surface area contributed by atoms with E-state index in [-0.39, 0.29) is 6.04 Å². The normalized spacial score (nSPS) is 14.4. The quantitative estimate of drug-likeness (QED) is 0.539. The van der Waals surface area contributed by atoms with Gasteiger partial charge in [0.25, 0.3) is 10.2 Å². The van der Waals surface area contributed by atoms with Gasteiger partial charge in [0.2, 0.25) is 0 Å². The molecule has 1 unspecified atom stereocenters. The highest BCUT2D eigenvalue weighted by molar-refractivity contribution is 7.87.